The number of carbonyl (C=O) groups excluding carboxylic acids is 1. The lowest BCUT2D eigenvalue weighted by atomic mass is 10.2. The summed E-state index contributed by atoms with van der Waals surface area (Å²) in [6, 6.07) is 13.5. The maximum absolute atomic E-state index is 12.0. The molecule has 7 heteroatoms. The summed E-state index contributed by atoms with van der Waals surface area (Å²) in [5, 5.41) is 14.9. The molecular weight excluding hydrogens is 312 g/mol. The largest absolute Gasteiger partial charge is 0.378 e. The van der Waals surface area contributed by atoms with Gasteiger partial charge < -0.3 is 15.4 Å². The van der Waals surface area contributed by atoms with Crippen LogP contribution in [0.3, 0.4) is 0 Å². The third-order valence-corrected chi connectivity index (χ3v) is 4.35. The van der Waals surface area contributed by atoms with Gasteiger partial charge in [0.25, 0.3) is 0 Å². The number of rotatable bonds is 5. The Hall–Kier alpha value is -1.96. The van der Waals surface area contributed by atoms with E-state index in [1.54, 1.807) is 17.8 Å². The number of hydrogen-bond acceptors (Lipinski definition) is 6. The van der Waals surface area contributed by atoms with Gasteiger partial charge in [-0.3, -0.25) is 4.79 Å². The molecule has 3 rings (SSSR count). The van der Waals surface area contributed by atoms with E-state index in [0.29, 0.717) is 25.6 Å². The Kier molecular flexibility index (Phi) is 5.57. The molecule has 0 radical (unpaired) electrons. The van der Waals surface area contributed by atoms with Crippen molar-refractivity contribution in [1.82, 2.24) is 15.5 Å². The first-order valence-electron chi connectivity index (χ1n) is 7.44. The van der Waals surface area contributed by atoms with E-state index in [1.165, 1.54) is 5.56 Å². The highest BCUT2D eigenvalue weighted by molar-refractivity contribution is 7.98. The molecule has 1 aliphatic heterocycles. The summed E-state index contributed by atoms with van der Waals surface area (Å²) < 4.78 is 5.27. The maximum atomic E-state index is 12.0. The quantitative estimate of drug-likeness (QED) is 0.813. The predicted octanol–water partition coefficient (Wildman–Crippen LogP) is 1.70. The van der Waals surface area contributed by atoms with Crippen molar-refractivity contribution in [2.24, 2.45) is 0 Å². The van der Waals surface area contributed by atoms with Crippen molar-refractivity contribution in [3.63, 3.8) is 0 Å². The highest BCUT2D eigenvalue weighted by Gasteiger charge is 2.21. The van der Waals surface area contributed by atoms with Crippen LogP contribution in [0.25, 0.3) is 0 Å². The van der Waals surface area contributed by atoms with Crippen LogP contribution < -0.4 is 10.6 Å². The fourth-order valence-electron chi connectivity index (χ4n) is 2.14. The summed E-state index contributed by atoms with van der Waals surface area (Å²) in [4.78, 5) is 12.0. The van der Waals surface area contributed by atoms with E-state index in [4.69, 9.17) is 4.74 Å². The van der Waals surface area contributed by atoms with Gasteiger partial charge in [-0.1, -0.05) is 42.1 Å². The van der Waals surface area contributed by atoms with Crippen LogP contribution in [0.15, 0.2) is 47.5 Å². The predicted molar refractivity (Wildman–Crippen MR) is 89.3 cm³/mol. The van der Waals surface area contributed by atoms with E-state index in [0.717, 1.165) is 10.8 Å². The number of thioether (sulfide) groups is 1. The zero-order valence-corrected chi connectivity index (χ0v) is 13.4. The topological polar surface area (TPSA) is 76.1 Å². The Bertz CT molecular complexity index is 630. The summed E-state index contributed by atoms with van der Waals surface area (Å²) >= 11 is 1.61. The molecule has 0 bridgehead atoms. The lowest BCUT2D eigenvalue weighted by molar-refractivity contribution is -0.120. The third-order valence-electron chi connectivity index (χ3n) is 3.36. The van der Waals surface area contributed by atoms with Crippen LogP contribution >= 0.6 is 11.8 Å². The monoisotopic (exact) mass is 330 g/mol. The van der Waals surface area contributed by atoms with Crippen molar-refractivity contribution in [2.45, 2.75) is 16.8 Å². The van der Waals surface area contributed by atoms with E-state index in [-0.39, 0.29) is 11.9 Å². The second-order valence-corrected chi connectivity index (χ2v) is 6.10. The molecule has 1 aliphatic rings. The Morgan fingerprint density at radius 3 is 2.83 bits per heavy atom. The number of ether oxygens (including phenoxy) is 1. The number of nitrogens with zero attached hydrogens (tertiary/aromatic N) is 2. The van der Waals surface area contributed by atoms with E-state index in [9.17, 15) is 4.79 Å². The first-order valence-corrected chi connectivity index (χ1v) is 8.42. The second kappa shape index (κ2) is 8.05. The van der Waals surface area contributed by atoms with Gasteiger partial charge in [0, 0.05) is 12.3 Å². The van der Waals surface area contributed by atoms with Crippen LogP contribution in [0.2, 0.25) is 0 Å². The summed E-state index contributed by atoms with van der Waals surface area (Å²) in [6.07, 6.45) is 0. The Morgan fingerprint density at radius 1 is 1.26 bits per heavy atom. The average molecular weight is 330 g/mol. The third kappa shape index (κ3) is 4.75. The van der Waals surface area contributed by atoms with Crippen molar-refractivity contribution < 1.29 is 9.53 Å². The molecule has 1 saturated heterocycles. The smallest absolute Gasteiger partial charge is 0.245 e. The molecule has 1 fully saturated rings. The molecule has 0 spiro atoms. The molecule has 6 nitrogen and oxygen atoms in total. The molecule has 1 aromatic heterocycles. The summed E-state index contributed by atoms with van der Waals surface area (Å²) in [6.45, 7) is 1.69. The molecule has 120 valence electrons. The van der Waals surface area contributed by atoms with Gasteiger partial charge in [-0.2, -0.15) is 0 Å². The van der Waals surface area contributed by atoms with Crippen LogP contribution in [0.4, 0.5) is 5.82 Å². The fourth-order valence-corrected chi connectivity index (χ4v) is 2.91. The molecule has 1 unspecified atom stereocenters. The van der Waals surface area contributed by atoms with Crippen LogP contribution in [-0.4, -0.2) is 41.9 Å². The Morgan fingerprint density at radius 2 is 2.13 bits per heavy atom. The van der Waals surface area contributed by atoms with Gasteiger partial charge in [0.15, 0.2) is 5.82 Å². The zero-order valence-electron chi connectivity index (χ0n) is 12.6. The van der Waals surface area contributed by atoms with Gasteiger partial charge in [-0.15, -0.1) is 10.2 Å². The second-order valence-electron chi connectivity index (χ2n) is 5.10. The average Bonchev–Trinajstić information content (AvgIpc) is 2.63. The first kappa shape index (κ1) is 15.9. The first-order chi connectivity index (χ1) is 11.3. The highest BCUT2D eigenvalue weighted by atomic mass is 32.2. The number of nitrogens with one attached hydrogen (secondary N) is 2. The lowest BCUT2D eigenvalue weighted by Crippen LogP contribution is -2.48. The molecule has 1 aromatic carbocycles. The standard InChI is InChI=1S/C16H18N4O2S/c21-16(13-10-22-9-8-17-13)18-14-6-7-15(20-19-14)23-11-12-4-2-1-3-5-12/h1-7,13,17H,8-11H2,(H,18,19,21). The van der Waals surface area contributed by atoms with Crippen LogP contribution in [0.5, 0.6) is 0 Å². The van der Waals surface area contributed by atoms with Crippen molar-refractivity contribution in [3.05, 3.63) is 48.0 Å². The number of benzene rings is 1. The molecule has 1 amide bonds. The molecule has 2 heterocycles. The van der Waals surface area contributed by atoms with Crippen molar-refractivity contribution in [1.29, 1.82) is 0 Å². The zero-order chi connectivity index (χ0) is 15.9. The van der Waals surface area contributed by atoms with E-state index in [1.807, 2.05) is 24.3 Å². The molecule has 1 atom stereocenters. The minimum atomic E-state index is -0.335. The van der Waals surface area contributed by atoms with E-state index in [2.05, 4.69) is 33.0 Å². The maximum Gasteiger partial charge on any atom is 0.245 e. The SMILES string of the molecule is O=C(Nc1ccc(SCc2ccccc2)nn1)C1COCCN1. The number of hydrogen-bond donors (Lipinski definition) is 2. The molecule has 0 aliphatic carbocycles. The van der Waals surface area contributed by atoms with Crippen LogP contribution in [0.1, 0.15) is 5.56 Å². The fraction of sp³-hybridized carbons (Fsp3) is 0.312. The number of amides is 1. The van der Waals surface area contributed by atoms with Gasteiger partial charge >= 0.3 is 0 Å². The van der Waals surface area contributed by atoms with Gasteiger partial charge in [-0.25, -0.2) is 0 Å². The van der Waals surface area contributed by atoms with Gasteiger partial charge in [-0.05, 0) is 17.7 Å². The lowest BCUT2D eigenvalue weighted by Gasteiger charge is -2.22. The van der Waals surface area contributed by atoms with Crippen LogP contribution in [0, 0.1) is 0 Å². The van der Waals surface area contributed by atoms with Crippen molar-refractivity contribution in [2.75, 3.05) is 25.1 Å². The number of morpholine rings is 1. The molecule has 23 heavy (non-hydrogen) atoms. The minimum Gasteiger partial charge on any atom is -0.378 e. The van der Waals surface area contributed by atoms with Gasteiger partial charge in [0.05, 0.1) is 13.2 Å². The minimum absolute atomic E-state index is 0.149. The summed E-state index contributed by atoms with van der Waals surface area (Å²) in [5.74, 6) is 1.14. The van der Waals surface area contributed by atoms with E-state index >= 15 is 0 Å². The molecule has 0 saturated carbocycles. The Labute approximate surface area is 139 Å². The Balaban J connectivity index is 1.51. The van der Waals surface area contributed by atoms with Gasteiger partial charge in [0.2, 0.25) is 5.91 Å². The number of anilines is 1. The summed E-state index contributed by atoms with van der Waals surface area (Å²) in [7, 11) is 0. The summed E-state index contributed by atoms with van der Waals surface area (Å²) in [5.41, 5.74) is 1.24. The van der Waals surface area contributed by atoms with Gasteiger partial charge in [0.1, 0.15) is 11.1 Å². The van der Waals surface area contributed by atoms with Crippen molar-refractivity contribution >= 4 is 23.5 Å². The molecular formula is C16H18N4O2S. The number of carbonyl (C=O) groups is 1. The highest BCUT2D eigenvalue weighted by Crippen LogP contribution is 2.20. The molecule has 2 aromatic rings. The normalized spacial score (nSPS) is 17.7. The van der Waals surface area contributed by atoms with Crippen LogP contribution in [-0.2, 0) is 15.3 Å². The van der Waals surface area contributed by atoms with Crippen molar-refractivity contribution in [3.8, 4) is 0 Å². The number of aromatic nitrogens is 2. The van der Waals surface area contributed by atoms with E-state index < -0.39 is 0 Å². The molecule has 2 N–H and O–H groups in total.